The zero-order chi connectivity index (χ0) is 33.4. The van der Waals surface area contributed by atoms with E-state index in [9.17, 15) is 19.2 Å². The molecule has 5 atom stereocenters. The van der Waals surface area contributed by atoms with E-state index in [0.717, 1.165) is 35.0 Å². The minimum absolute atomic E-state index is 0.313. The molecule has 0 radical (unpaired) electrons. The molecular formula is C33H40N2O10S. The molecule has 1 saturated heterocycles. The van der Waals surface area contributed by atoms with Crippen molar-refractivity contribution in [1.82, 2.24) is 9.55 Å². The van der Waals surface area contributed by atoms with Crippen molar-refractivity contribution in [2.75, 3.05) is 13.2 Å². The van der Waals surface area contributed by atoms with Crippen LogP contribution in [0.15, 0.2) is 53.7 Å². The molecule has 0 saturated carbocycles. The van der Waals surface area contributed by atoms with Gasteiger partial charge in [0.2, 0.25) is 0 Å². The highest BCUT2D eigenvalue weighted by Crippen LogP contribution is 2.39. The van der Waals surface area contributed by atoms with Crippen molar-refractivity contribution in [3.8, 4) is 5.75 Å². The molecule has 5 unspecified atom stereocenters. The molecule has 2 aromatic carbocycles. The summed E-state index contributed by atoms with van der Waals surface area (Å²) < 4.78 is 36.5. The van der Waals surface area contributed by atoms with E-state index in [4.69, 9.17) is 33.4 Å². The van der Waals surface area contributed by atoms with Gasteiger partial charge in [-0.1, -0.05) is 55.9 Å². The molecule has 0 aliphatic carbocycles. The van der Waals surface area contributed by atoms with Gasteiger partial charge in [-0.05, 0) is 30.5 Å². The third kappa shape index (κ3) is 9.23. The van der Waals surface area contributed by atoms with E-state index in [2.05, 4.69) is 13.8 Å². The highest BCUT2D eigenvalue weighted by atomic mass is 32.2. The van der Waals surface area contributed by atoms with Crippen molar-refractivity contribution in [2.24, 2.45) is 5.92 Å². The number of rotatable bonds is 13. The van der Waals surface area contributed by atoms with Gasteiger partial charge in [0.15, 0.2) is 28.9 Å². The molecule has 0 bridgehead atoms. The normalized spacial score (nSPS) is 21.1. The zero-order valence-electron chi connectivity index (χ0n) is 26.8. The van der Waals surface area contributed by atoms with Crippen LogP contribution in [0.25, 0.3) is 11.0 Å². The Hall–Kier alpha value is -4.10. The average Bonchev–Trinajstić information content (AvgIpc) is 3.31. The van der Waals surface area contributed by atoms with Crippen LogP contribution in [-0.4, -0.2) is 76.5 Å². The van der Waals surface area contributed by atoms with Gasteiger partial charge in [0.05, 0.1) is 24.2 Å². The SMILES string of the molecule is CC(=O)OCC1OC(Sc2nc3ccccc3n2Cc2ccccc2OCCC(C)C)C(OC(C)=O)C(OC(C)=O)C1OC(C)=O. The standard InChI is InChI=1S/C33H40N2O10S/c1-19(2)15-16-40-27-14-10-7-11-24(27)17-35-26-13-9-8-12-25(26)34-33(35)46-32-31(44-23(6)39)30(43-22(5)38)29(42-21(4)37)28(45-32)18-41-20(3)36/h7-14,19,28-32H,15-18H2,1-6H3. The van der Waals surface area contributed by atoms with E-state index in [1.165, 1.54) is 27.7 Å². The van der Waals surface area contributed by atoms with Gasteiger partial charge in [0.25, 0.3) is 0 Å². The molecule has 248 valence electrons. The predicted octanol–water partition coefficient (Wildman–Crippen LogP) is 4.68. The number of nitrogens with zero attached hydrogens (tertiary/aromatic N) is 2. The van der Waals surface area contributed by atoms with Crippen LogP contribution < -0.4 is 4.74 Å². The van der Waals surface area contributed by atoms with Crippen LogP contribution in [0.1, 0.15) is 53.5 Å². The lowest BCUT2D eigenvalue weighted by Crippen LogP contribution is -2.61. The summed E-state index contributed by atoms with van der Waals surface area (Å²) in [6.45, 7) is 9.76. The molecular weight excluding hydrogens is 616 g/mol. The smallest absolute Gasteiger partial charge is 0.303 e. The van der Waals surface area contributed by atoms with Gasteiger partial charge in [-0.3, -0.25) is 19.2 Å². The number of ether oxygens (including phenoxy) is 6. The number of imidazole rings is 1. The molecule has 13 heteroatoms. The molecule has 2 heterocycles. The average molecular weight is 657 g/mol. The molecule has 0 N–H and O–H groups in total. The summed E-state index contributed by atoms with van der Waals surface area (Å²) in [4.78, 5) is 53.3. The van der Waals surface area contributed by atoms with Crippen molar-refractivity contribution in [2.45, 2.75) is 89.5 Å². The van der Waals surface area contributed by atoms with Crippen molar-refractivity contribution in [3.63, 3.8) is 0 Å². The largest absolute Gasteiger partial charge is 0.493 e. The van der Waals surface area contributed by atoms with Gasteiger partial charge in [-0.2, -0.15) is 0 Å². The number of thioether (sulfide) groups is 1. The maximum Gasteiger partial charge on any atom is 0.303 e. The first-order chi connectivity index (χ1) is 21.9. The second kappa shape index (κ2) is 15.9. The number of fused-ring (bicyclic) bond motifs is 1. The number of aromatic nitrogens is 2. The summed E-state index contributed by atoms with van der Waals surface area (Å²) >= 11 is 1.14. The molecule has 1 aliphatic rings. The van der Waals surface area contributed by atoms with Crippen LogP contribution in [-0.2, 0) is 49.4 Å². The van der Waals surface area contributed by atoms with Crippen molar-refractivity contribution in [1.29, 1.82) is 0 Å². The van der Waals surface area contributed by atoms with Crippen molar-refractivity contribution >= 4 is 46.7 Å². The lowest BCUT2D eigenvalue weighted by Gasteiger charge is -2.44. The van der Waals surface area contributed by atoms with E-state index in [0.29, 0.717) is 29.7 Å². The number of hydrogen-bond acceptors (Lipinski definition) is 12. The topological polar surface area (TPSA) is 141 Å². The van der Waals surface area contributed by atoms with Crippen molar-refractivity contribution in [3.05, 3.63) is 54.1 Å². The maximum atomic E-state index is 12.3. The molecule has 1 aromatic heterocycles. The molecule has 4 rings (SSSR count). The first-order valence-electron chi connectivity index (χ1n) is 15.1. The summed E-state index contributed by atoms with van der Waals surface area (Å²) in [6.07, 6.45) is -3.88. The molecule has 1 aliphatic heterocycles. The Morgan fingerprint density at radius 3 is 2.15 bits per heavy atom. The van der Waals surface area contributed by atoms with Crippen molar-refractivity contribution < 1.29 is 47.6 Å². The van der Waals surface area contributed by atoms with E-state index in [1.807, 2.05) is 53.1 Å². The first-order valence-corrected chi connectivity index (χ1v) is 15.9. The number of para-hydroxylation sites is 3. The monoisotopic (exact) mass is 656 g/mol. The minimum Gasteiger partial charge on any atom is -0.493 e. The fraction of sp³-hybridized carbons (Fsp3) is 0.485. The Bertz CT molecular complexity index is 1540. The van der Waals surface area contributed by atoms with E-state index in [-0.39, 0.29) is 6.61 Å². The fourth-order valence-electron chi connectivity index (χ4n) is 5.03. The van der Waals surface area contributed by atoms with Crippen LogP contribution in [0.3, 0.4) is 0 Å². The van der Waals surface area contributed by atoms with E-state index >= 15 is 0 Å². The third-order valence-corrected chi connectivity index (χ3v) is 8.18. The molecule has 0 spiro atoms. The molecule has 0 amide bonds. The number of benzene rings is 2. The van der Waals surface area contributed by atoms with E-state index in [1.54, 1.807) is 0 Å². The Kier molecular flexibility index (Phi) is 12.1. The van der Waals surface area contributed by atoms with Gasteiger partial charge >= 0.3 is 23.9 Å². The summed E-state index contributed by atoms with van der Waals surface area (Å²) in [6, 6.07) is 15.4. The summed E-state index contributed by atoms with van der Waals surface area (Å²) in [5.41, 5.74) is 1.47. The fourth-order valence-corrected chi connectivity index (χ4v) is 6.23. The molecule has 12 nitrogen and oxygen atoms in total. The lowest BCUT2D eigenvalue weighted by molar-refractivity contribution is -0.237. The Morgan fingerprint density at radius 1 is 0.848 bits per heavy atom. The van der Waals surface area contributed by atoms with Gasteiger partial charge in [-0.25, -0.2) is 4.98 Å². The number of hydrogen-bond donors (Lipinski definition) is 0. The predicted molar refractivity (Wildman–Crippen MR) is 168 cm³/mol. The molecule has 46 heavy (non-hydrogen) atoms. The summed E-state index contributed by atoms with van der Waals surface area (Å²) in [5, 5.41) is 0.513. The maximum absolute atomic E-state index is 12.3. The number of esters is 4. The van der Waals surface area contributed by atoms with Crippen LogP contribution >= 0.6 is 11.8 Å². The summed E-state index contributed by atoms with van der Waals surface area (Å²) in [5.74, 6) is -1.40. The Labute approximate surface area is 272 Å². The second-order valence-electron chi connectivity index (χ2n) is 11.3. The minimum atomic E-state index is -1.27. The molecule has 3 aromatic rings. The molecule has 1 fully saturated rings. The van der Waals surface area contributed by atoms with E-state index < -0.39 is 53.7 Å². The Morgan fingerprint density at radius 2 is 1.48 bits per heavy atom. The zero-order valence-corrected chi connectivity index (χ0v) is 27.6. The van der Waals surface area contributed by atoms with Crippen LogP contribution in [0.4, 0.5) is 0 Å². The third-order valence-electron chi connectivity index (χ3n) is 7.04. The van der Waals surface area contributed by atoms with Crippen LogP contribution in [0, 0.1) is 5.92 Å². The summed E-state index contributed by atoms with van der Waals surface area (Å²) in [7, 11) is 0. The van der Waals surface area contributed by atoms with Gasteiger partial charge < -0.3 is 33.0 Å². The van der Waals surface area contributed by atoms with Gasteiger partial charge in [0, 0.05) is 33.3 Å². The second-order valence-corrected chi connectivity index (χ2v) is 12.4. The highest BCUT2D eigenvalue weighted by molar-refractivity contribution is 7.99. The lowest BCUT2D eigenvalue weighted by atomic mass is 9.99. The van der Waals surface area contributed by atoms with Crippen LogP contribution in [0.2, 0.25) is 0 Å². The Balaban J connectivity index is 1.75. The van der Waals surface area contributed by atoms with Crippen LogP contribution in [0.5, 0.6) is 5.75 Å². The van der Waals surface area contributed by atoms with Gasteiger partial charge in [-0.15, -0.1) is 0 Å². The number of carbonyl (C=O) groups is 4. The highest BCUT2D eigenvalue weighted by Gasteiger charge is 2.52. The van der Waals surface area contributed by atoms with Gasteiger partial charge in [0.1, 0.15) is 18.5 Å². The first kappa shape index (κ1) is 34.8. The quantitative estimate of drug-likeness (QED) is 0.186. The number of carbonyl (C=O) groups excluding carboxylic acids is 4.